The van der Waals surface area contributed by atoms with Crippen LogP contribution in [0, 0.1) is 0 Å². The molecule has 1 aromatic carbocycles. The maximum Gasteiger partial charge on any atom is 0.338 e. The lowest BCUT2D eigenvalue weighted by Gasteiger charge is -2.18. The number of carbonyl (C=O) groups is 1. The van der Waals surface area contributed by atoms with Crippen LogP contribution in [0.3, 0.4) is 0 Å². The van der Waals surface area contributed by atoms with Crippen LogP contribution in [0.1, 0.15) is 25.8 Å². The van der Waals surface area contributed by atoms with E-state index in [4.69, 9.17) is 4.74 Å². The second-order valence-electron chi connectivity index (χ2n) is 4.93. The average molecular weight is 311 g/mol. The smallest absolute Gasteiger partial charge is 0.338 e. The molecule has 7 heteroatoms. The average Bonchev–Trinajstić information content (AvgIpc) is 2.41. The molecule has 0 saturated heterocycles. The number of sulfonamides is 1. The summed E-state index contributed by atoms with van der Waals surface area (Å²) in [5.41, 5.74) is 0.166. The summed E-state index contributed by atoms with van der Waals surface area (Å²) in [6.45, 7) is 3.42. The lowest BCUT2D eigenvalue weighted by atomic mass is 10.1. The maximum absolute atomic E-state index is 12.1. The lowest BCUT2D eigenvalue weighted by Crippen LogP contribution is -2.29. The van der Waals surface area contributed by atoms with Crippen molar-refractivity contribution in [2.75, 3.05) is 6.54 Å². The van der Waals surface area contributed by atoms with Crippen molar-refractivity contribution >= 4 is 21.8 Å². The van der Waals surface area contributed by atoms with Crippen molar-refractivity contribution in [1.29, 1.82) is 0 Å². The van der Waals surface area contributed by atoms with E-state index in [1.807, 2.05) is 0 Å². The minimum atomic E-state index is -3.70. The summed E-state index contributed by atoms with van der Waals surface area (Å²) in [6.07, 6.45) is -0.263. The van der Waals surface area contributed by atoms with E-state index in [2.05, 4.69) is 4.72 Å². The molecule has 2 rings (SSSR count). The number of nitrogens with one attached hydrogen (secondary N) is 1. The molecule has 1 aromatic rings. The highest BCUT2D eigenvalue weighted by Gasteiger charge is 2.27. The zero-order chi connectivity index (χ0) is 15.6. The third-order valence-electron chi connectivity index (χ3n) is 2.97. The predicted molar refractivity (Wildman–Crippen MR) is 77.0 cm³/mol. The first-order valence-corrected chi connectivity index (χ1v) is 8.03. The quantitative estimate of drug-likeness (QED) is 0.809. The molecule has 0 radical (unpaired) electrons. The first kappa shape index (κ1) is 15.5. The van der Waals surface area contributed by atoms with Gasteiger partial charge in [-0.15, -0.1) is 0 Å². The van der Waals surface area contributed by atoms with E-state index in [0.29, 0.717) is 0 Å². The molecule has 1 aliphatic heterocycles. The Balaban J connectivity index is 2.58. The molecule has 1 aliphatic rings. The number of aliphatic hydroxyl groups is 1. The fraction of sp³-hybridized carbons (Fsp3) is 0.357. The topological polar surface area (TPSA) is 92.7 Å². The molecule has 1 heterocycles. The van der Waals surface area contributed by atoms with Crippen molar-refractivity contribution in [3.63, 3.8) is 0 Å². The molecule has 2 N–H and O–H groups in total. The van der Waals surface area contributed by atoms with Gasteiger partial charge in [-0.2, -0.15) is 0 Å². The normalized spacial score (nSPS) is 21.3. The van der Waals surface area contributed by atoms with Crippen molar-refractivity contribution in [1.82, 2.24) is 4.72 Å². The summed E-state index contributed by atoms with van der Waals surface area (Å²) >= 11 is 0. The third-order valence-corrected chi connectivity index (χ3v) is 4.49. The Morgan fingerprint density at radius 1 is 1.33 bits per heavy atom. The molecule has 21 heavy (non-hydrogen) atoms. The van der Waals surface area contributed by atoms with Gasteiger partial charge in [0.15, 0.2) is 0 Å². The molecule has 0 bridgehead atoms. The van der Waals surface area contributed by atoms with Crippen LogP contribution in [-0.4, -0.2) is 32.1 Å². The van der Waals surface area contributed by atoms with E-state index >= 15 is 0 Å². The highest BCUT2D eigenvalue weighted by Crippen LogP contribution is 2.27. The standard InChI is InChI=1S/C14H17NO5S/c1-9(2)20-14(17)11-7-8-15-21(18,19)12-6-4-3-5-10(12)13(11)16/h3-6,9,15-16H,7-8H2,1-2H3/b13-11-. The SMILES string of the molecule is CC(C)OC(=O)/C1=C(\O)c2ccccc2S(=O)(=O)NCC1. The number of benzene rings is 1. The highest BCUT2D eigenvalue weighted by atomic mass is 32.2. The van der Waals surface area contributed by atoms with Gasteiger partial charge in [0.25, 0.3) is 0 Å². The fourth-order valence-electron chi connectivity index (χ4n) is 2.05. The third kappa shape index (κ3) is 3.25. The Labute approximate surface area is 123 Å². The second-order valence-corrected chi connectivity index (χ2v) is 6.66. The van der Waals surface area contributed by atoms with Crippen LogP contribution in [0.25, 0.3) is 5.76 Å². The molecule has 6 nitrogen and oxygen atoms in total. The van der Waals surface area contributed by atoms with Crippen molar-refractivity contribution in [3.05, 3.63) is 35.4 Å². The number of esters is 1. The predicted octanol–water partition coefficient (Wildman–Crippen LogP) is 1.59. The Kier molecular flexibility index (Phi) is 4.34. The minimum Gasteiger partial charge on any atom is -0.507 e. The van der Waals surface area contributed by atoms with Gasteiger partial charge in [0.2, 0.25) is 10.0 Å². The first-order valence-electron chi connectivity index (χ1n) is 6.55. The Hall–Kier alpha value is -1.86. The zero-order valence-corrected chi connectivity index (χ0v) is 12.6. The van der Waals surface area contributed by atoms with Crippen LogP contribution < -0.4 is 4.72 Å². The van der Waals surface area contributed by atoms with Crippen LogP contribution in [0.2, 0.25) is 0 Å². The summed E-state index contributed by atoms with van der Waals surface area (Å²) in [7, 11) is -3.70. The first-order chi connectivity index (χ1) is 9.83. The monoisotopic (exact) mass is 311 g/mol. The Morgan fingerprint density at radius 3 is 2.67 bits per heavy atom. The zero-order valence-electron chi connectivity index (χ0n) is 11.8. The van der Waals surface area contributed by atoms with Gasteiger partial charge in [-0.05, 0) is 32.4 Å². The second kappa shape index (κ2) is 5.87. The van der Waals surface area contributed by atoms with Gasteiger partial charge in [-0.1, -0.05) is 12.1 Å². The van der Waals surface area contributed by atoms with Gasteiger partial charge in [0.05, 0.1) is 16.6 Å². The van der Waals surface area contributed by atoms with Gasteiger partial charge in [-0.25, -0.2) is 17.9 Å². The molecule has 0 spiro atoms. The Morgan fingerprint density at radius 2 is 2.00 bits per heavy atom. The van der Waals surface area contributed by atoms with E-state index in [1.165, 1.54) is 12.1 Å². The summed E-state index contributed by atoms with van der Waals surface area (Å²) < 4.78 is 31.7. The molecule has 0 aromatic heterocycles. The number of aliphatic hydroxyl groups excluding tert-OH is 1. The molecule has 114 valence electrons. The number of fused-ring (bicyclic) bond motifs is 1. The summed E-state index contributed by atoms with van der Waals surface area (Å²) in [5, 5.41) is 10.3. The highest BCUT2D eigenvalue weighted by molar-refractivity contribution is 7.89. The molecular weight excluding hydrogens is 294 g/mol. The van der Waals surface area contributed by atoms with Crippen LogP contribution in [0.15, 0.2) is 34.7 Å². The van der Waals surface area contributed by atoms with Crippen molar-refractivity contribution in [2.24, 2.45) is 0 Å². The van der Waals surface area contributed by atoms with Crippen molar-refractivity contribution in [2.45, 2.75) is 31.3 Å². The van der Waals surface area contributed by atoms with E-state index in [-0.39, 0.29) is 40.9 Å². The lowest BCUT2D eigenvalue weighted by molar-refractivity contribution is -0.142. The number of rotatable bonds is 2. The van der Waals surface area contributed by atoms with Crippen LogP contribution >= 0.6 is 0 Å². The number of hydrogen-bond acceptors (Lipinski definition) is 5. The van der Waals surface area contributed by atoms with Gasteiger partial charge in [-0.3, -0.25) is 0 Å². The van der Waals surface area contributed by atoms with Crippen molar-refractivity contribution in [3.8, 4) is 0 Å². The van der Waals surface area contributed by atoms with Crippen LogP contribution in [-0.2, 0) is 19.6 Å². The number of hydrogen-bond donors (Lipinski definition) is 2. The van der Waals surface area contributed by atoms with Gasteiger partial charge in [0, 0.05) is 12.1 Å². The number of ether oxygens (including phenoxy) is 1. The van der Waals surface area contributed by atoms with Crippen LogP contribution in [0.4, 0.5) is 0 Å². The van der Waals surface area contributed by atoms with E-state index in [1.54, 1.807) is 26.0 Å². The molecule has 0 unspecified atom stereocenters. The fourth-order valence-corrected chi connectivity index (χ4v) is 3.29. The van der Waals surface area contributed by atoms with E-state index in [0.717, 1.165) is 0 Å². The molecule has 0 saturated carbocycles. The van der Waals surface area contributed by atoms with Gasteiger partial charge >= 0.3 is 5.97 Å². The molecule has 0 atom stereocenters. The minimum absolute atomic E-state index is 0.0171. The maximum atomic E-state index is 12.1. The summed E-state index contributed by atoms with van der Waals surface area (Å²) in [6, 6.07) is 5.99. The number of carbonyl (C=O) groups excluding carboxylic acids is 1. The van der Waals surface area contributed by atoms with Crippen LogP contribution in [0.5, 0.6) is 0 Å². The Bertz CT molecular complexity index is 691. The van der Waals surface area contributed by atoms with E-state index < -0.39 is 16.0 Å². The molecule has 0 aliphatic carbocycles. The van der Waals surface area contributed by atoms with E-state index in [9.17, 15) is 18.3 Å². The summed E-state index contributed by atoms with van der Waals surface area (Å²) in [5.74, 6) is -0.986. The van der Waals surface area contributed by atoms with Gasteiger partial charge < -0.3 is 9.84 Å². The molecule has 0 fully saturated rings. The molecule has 0 amide bonds. The summed E-state index contributed by atoms with van der Waals surface area (Å²) in [4.78, 5) is 12.0. The van der Waals surface area contributed by atoms with Crippen molar-refractivity contribution < 1.29 is 23.1 Å². The molecular formula is C14H17NO5S. The van der Waals surface area contributed by atoms with Gasteiger partial charge in [0.1, 0.15) is 5.76 Å². The largest absolute Gasteiger partial charge is 0.507 e.